The minimum atomic E-state index is -0.235. The minimum Gasteiger partial charge on any atom is -0.492 e. The van der Waals surface area contributed by atoms with Crippen LogP contribution in [0.4, 0.5) is 5.82 Å². The van der Waals surface area contributed by atoms with Gasteiger partial charge in [-0.3, -0.25) is 4.79 Å². The van der Waals surface area contributed by atoms with Crippen LogP contribution in [-0.2, 0) is 4.79 Å². The van der Waals surface area contributed by atoms with Crippen LogP contribution in [0.2, 0.25) is 0 Å². The SMILES string of the molecule is CC(=O)Nc1nccc2c1C(C)Oc1cc(OC[C@H](N)CC(C)C)ccc1-2. The number of anilines is 1. The number of hydrogen-bond acceptors (Lipinski definition) is 5. The zero-order chi connectivity index (χ0) is 19.6. The van der Waals surface area contributed by atoms with Gasteiger partial charge in [-0.2, -0.15) is 0 Å². The van der Waals surface area contributed by atoms with E-state index in [0.717, 1.165) is 34.6 Å². The second-order valence-corrected chi connectivity index (χ2v) is 7.42. The van der Waals surface area contributed by atoms with Gasteiger partial charge in [0.15, 0.2) is 0 Å². The monoisotopic (exact) mass is 369 g/mol. The molecule has 0 saturated heterocycles. The average Bonchev–Trinajstić information content (AvgIpc) is 2.58. The smallest absolute Gasteiger partial charge is 0.222 e. The molecule has 2 heterocycles. The molecule has 3 N–H and O–H groups in total. The molecule has 1 aliphatic heterocycles. The van der Waals surface area contributed by atoms with Crippen molar-refractivity contribution in [3.8, 4) is 22.6 Å². The van der Waals surface area contributed by atoms with E-state index in [1.165, 1.54) is 6.92 Å². The van der Waals surface area contributed by atoms with Gasteiger partial charge >= 0.3 is 0 Å². The second-order valence-electron chi connectivity index (χ2n) is 7.42. The molecule has 1 amide bonds. The molecular weight excluding hydrogens is 342 g/mol. The number of benzene rings is 1. The number of aromatic nitrogens is 1. The lowest BCUT2D eigenvalue weighted by Crippen LogP contribution is -2.29. The summed E-state index contributed by atoms with van der Waals surface area (Å²) in [5.74, 6) is 2.41. The number of pyridine rings is 1. The lowest BCUT2D eigenvalue weighted by Gasteiger charge is -2.28. The van der Waals surface area contributed by atoms with E-state index in [-0.39, 0.29) is 18.1 Å². The average molecular weight is 369 g/mol. The fraction of sp³-hybridized carbons (Fsp3) is 0.429. The van der Waals surface area contributed by atoms with Crippen LogP contribution in [0.15, 0.2) is 30.5 Å². The maximum absolute atomic E-state index is 11.5. The Morgan fingerprint density at radius 3 is 2.81 bits per heavy atom. The Balaban J connectivity index is 1.85. The molecule has 1 aromatic heterocycles. The number of carbonyl (C=O) groups excluding carboxylic acids is 1. The fourth-order valence-corrected chi connectivity index (χ4v) is 3.42. The molecule has 0 spiro atoms. The molecule has 1 aromatic carbocycles. The molecule has 6 nitrogen and oxygen atoms in total. The molecule has 2 atom stereocenters. The Morgan fingerprint density at radius 1 is 1.33 bits per heavy atom. The molecule has 0 fully saturated rings. The van der Waals surface area contributed by atoms with Crippen molar-refractivity contribution >= 4 is 11.7 Å². The number of carbonyl (C=O) groups is 1. The van der Waals surface area contributed by atoms with Crippen LogP contribution in [0.1, 0.15) is 45.8 Å². The number of hydrogen-bond donors (Lipinski definition) is 2. The molecule has 6 heteroatoms. The number of rotatable bonds is 6. The third-order valence-corrected chi connectivity index (χ3v) is 4.48. The Hall–Kier alpha value is -2.60. The van der Waals surface area contributed by atoms with Gasteiger partial charge < -0.3 is 20.5 Å². The maximum Gasteiger partial charge on any atom is 0.222 e. The van der Waals surface area contributed by atoms with E-state index >= 15 is 0 Å². The van der Waals surface area contributed by atoms with Crippen molar-refractivity contribution in [2.45, 2.75) is 46.3 Å². The van der Waals surface area contributed by atoms with Crippen LogP contribution >= 0.6 is 0 Å². The van der Waals surface area contributed by atoms with Crippen molar-refractivity contribution < 1.29 is 14.3 Å². The normalized spacial score (nSPS) is 16.1. The summed E-state index contributed by atoms with van der Waals surface area (Å²) >= 11 is 0. The van der Waals surface area contributed by atoms with E-state index in [1.807, 2.05) is 31.2 Å². The van der Waals surface area contributed by atoms with Gasteiger partial charge in [-0.05, 0) is 43.0 Å². The molecule has 3 rings (SSSR count). The summed E-state index contributed by atoms with van der Waals surface area (Å²) in [6.07, 6.45) is 2.38. The number of nitrogens with one attached hydrogen (secondary N) is 1. The van der Waals surface area contributed by atoms with Crippen molar-refractivity contribution in [1.29, 1.82) is 0 Å². The molecular formula is C21H27N3O3. The largest absolute Gasteiger partial charge is 0.492 e. The highest BCUT2D eigenvalue weighted by Gasteiger charge is 2.27. The summed E-state index contributed by atoms with van der Waals surface area (Å²) < 4.78 is 11.9. The highest BCUT2D eigenvalue weighted by Crippen LogP contribution is 2.45. The van der Waals surface area contributed by atoms with E-state index < -0.39 is 0 Å². The van der Waals surface area contributed by atoms with Crippen molar-refractivity contribution in [1.82, 2.24) is 4.98 Å². The highest BCUT2D eigenvalue weighted by atomic mass is 16.5. The van der Waals surface area contributed by atoms with Gasteiger partial charge in [0.1, 0.15) is 30.0 Å². The first-order valence-electron chi connectivity index (χ1n) is 9.31. The van der Waals surface area contributed by atoms with Crippen LogP contribution in [0.5, 0.6) is 11.5 Å². The molecule has 0 saturated carbocycles. The molecule has 144 valence electrons. The molecule has 0 radical (unpaired) electrons. The number of nitrogens with zero attached hydrogens (tertiary/aromatic N) is 1. The quantitative estimate of drug-likeness (QED) is 0.806. The predicted octanol–water partition coefficient (Wildman–Crippen LogP) is 3.91. The number of nitrogens with two attached hydrogens (primary N) is 1. The first-order chi connectivity index (χ1) is 12.8. The third-order valence-electron chi connectivity index (χ3n) is 4.48. The Kier molecular flexibility index (Phi) is 5.65. The van der Waals surface area contributed by atoms with Crippen LogP contribution in [-0.4, -0.2) is 23.5 Å². The lowest BCUT2D eigenvalue weighted by atomic mass is 9.94. The van der Waals surface area contributed by atoms with Crippen molar-refractivity contribution in [2.24, 2.45) is 11.7 Å². The van der Waals surface area contributed by atoms with Gasteiger partial charge in [0, 0.05) is 36.4 Å². The van der Waals surface area contributed by atoms with E-state index in [4.69, 9.17) is 15.2 Å². The standard InChI is InChI=1S/C21H27N3O3/c1-12(2)9-15(22)11-26-16-5-6-17-18-7-8-23-21(24-14(4)25)20(18)13(3)27-19(17)10-16/h5-8,10,12-13,15H,9,11,22H2,1-4H3,(H,23,24,25)/t13?,15-/m1/s1. The lowest BCUT2D eigenvalue weighted by molar-refractivity contribution is -0.114. The topological polar surface area (TPSA) is 86.5 Å². The summed E-state index contributed by atoms with van der Waals surface area (Å²) in [7, 11) is 0. The van der Waals surface area contributed by atoms with E-state index in [2.05, 4.69) is 24.1 Å². The summed E-state index contributed by atoms with van der Waals surface area (Å²) in [6, 6.07) is 7.74. The molecule has 1 aliphatic rings. The number of fused-ring (bicyclic) bond motifs is 3. The predicted molar refractivity (Wildman–Crippen MR) is 106 cm³/mol. The molecule has 1 unspecified atom stereocenters. The molecule has 2 aromatic rings. The van der Waals surface area contributed by atoms with Crippen molar-refractivity contribution in [2.75, 3.05) is 11.9 Å². The highest BCUT2D eigenvalue weighted by molar-refractivity contribution is 5.91. The van der Waals surface area contributed by atoms with Gasteiger partial charge in [-0.1, -0.05) is 13.8 Å². The summed E-state index contributed by atoms with van der Waals surface area (Å²) in [6.45, 7) is 8.18. The van der Waals surface area contributed by atoms with Gasteiger partial charge in [0.2, 0.25) is 5.91 Å². The molecule has 27 heavy (non-hydrogen) atoms. The van der Waals surface area contributed by atoms with Gasteiger partial charge in [0.25, 0.3) is 0 Å². The van der Waals surface area contributed by atoms with Crippen LogP contribution in [0.25, 0.3) is 11.1 Å². The Bertz CT molecular complexity index is 835. The van der Waals surface area contributed by atoms with Crippen LogP contribution < -0.4 is 20.5 Å². The summed E-state index contributed by atoms with van der Waals surface area (Å²) in [4.78, 5) is 15.8. The van der Waals surface area contributed by atoms with Gasteiger partial charge in [-0.25, -0.2) is 4.98 Å². The minimum absolute atomic E-state index is 0.00730. The van der Waals surface area contributed by atoms with E-state index in [9.17, 15) is 4.79 Å². The van der Waals surface area contributed by atoms with Crippen LogP contribution in [0, 0.1) is 5.92 Å². The Labute approximate surface area is 160 Å². The van der Waals surface area contributed by atoms with Crippen molar-refractivity contribution in [3.63, 3.8) is 0 Å². The zero-order valence-electron chi connectivity index (χ0n) is 16.3. The first kappa shape index (κ1) is 19.2. The molecule has 0 aliphatic carbocycles. The summed E-state index contributed by atoms with van der Waals surface area (Å²) in [5.41, 5.74) is 8.95. The van der Waals surface area contributed by atoms with Gasteiger partial charge in [0.05, 0.1) is 0 Å². The van der Waals surface area contributed by atoms with Crippen molar-refractivity contribution in [3.05, 3.63) is 36.0 Å². The Morgan fingerprint density at radius 2 is 2.11 bits per heavy atom. The van der Waals surface area contributed by atoms with Gasteiger partial charge in [-0.15, -0.1) is 0 Å². The number of amides is 1. The number of ether oxygens (including phenoxy) is 2. The first-order valence-corrected chi connectivity index (χ1v) is 9.31. The maximum atomic E-state index is 11.5. The summed E-state index contributed by atoms with van der Waals surface area (Å²) in [5, 5.41) is 2.79. The zero-order valence-corrected chi connectivity index (χ0v) is 16.3. The molecule has 0 bridgehead atoms. The van der Waals surface area contributed by atoms with E-state index in [0.29, 0.717) is 18.3 Å². The fourth-order valence-electron chi connectivity index (χ4n) is 3.42. The second kappa shape index (κ2) is 7.96. The third kappa shape index (κ3) is 4.39. The van der Waals surface area contributed by atoms with E-state index in [1.54, 1.807) is 6.20 Å². The van der Waals surface area contributed by atoms with Crippen LogP contribution in [0.3, 0.4) is 0 Å².